The highest BCUT2D eigenvalue weighted by Gasteiger charge is 2.22. The number of nitrogens with one attached hydrogen (secondary N) is 1. The second-order valence-electron chi connectivity index (χ2n) is 6.84. The number of carbonyl (C=O) groups is 1. The minimum absolute atomic E-state index is 0.0724. The maximum atomic E-state index is 12.8. The Hall–Kier alpha value is -3.50. The van der Waals surface area contributed by atoms with Gasteiger partial charge in [0.25, 0.3) is 5.56 Å². The second kappa shape index (κ2) is 10.4. The summed E-state index contributed by atoms with van der Waals surface area (Å²) in [5, 5.41) is 13.7. The molecule has 2 aromatic carbocycles. The molecule has 3 aromatic rings. The number of aliphatic imine (C=N–C) groups is 1. The third-order valence-electron chi connectivity index (χ3n) is 4.64. The van der Waals surface area contributed by atoms with Gasteiger partial charge >= 0.3 is 5.69 Å². The smallest absolute Gasteiger partial charge is 0.333 e. The standard InChI is InChI=1S/C22H21ClN4O5S/c1-26-20(29)18(21(30)27(2)22(26)31)19(24-13-8-10-14(32-3)11-9-13)33-12-17(28)25-16-7-5-4-6-15(16)23/h4-11,29H,12H2,1-3H3,(H,25,28). The van der Waals surface area contributed by atoms with Gasteiger partial charge in [-0.3, -0.25) is 18.7 Å². The summed E-state index contributed by atoms with van der Waals surface area (Å²) >= 11 is 7.02. The normalized spacial score (nSPS) is 11.3. The lowest BCUT2D eigenvalue weighted by atomic mass is 10.3. The molecule has 0 unspecified atom stereocenters. The number of carbonyl (C=O) groups excluding carboxylic acids is 1. The first-order chi connectivity index (χ1) is 15.7. The predicted molar refractivity (Wildman–Crippen MR) is 130 cm³/mol. The Bertz CT molecular complexity index is 1330. The Labute approximate surface area is 198 Å². The zero-order valence-corrected chi connectivity index (χ0v) is 19.6. The molecule has 2 N–H and O–H groups in total. The van der Waals surface area contributed by atoms with E-state index in [1.165, 1.54) is 21.2 Å². The van der Waals surface area contributed by atoms with Crippen molar-refractivity contribution < 1.29 is 14.6 Å². The van der Waals surface area contributed by atoms with E-state index in [0.717, 1.165) is 20.9 Å². The molecule has 3 rings (SSSR count). The van der Waals surface area contributed by atoms with Crippen LogP contribution in [-0.4, -0.2) is 38.1 Å². The Morgan fingerprint density at radius 2 is 1.79 bits per heavy atom. The topological polar surface area (TPSA) is 115 Å². The van der Waals surface area contributed by atoms with Gasteiger partial charge in [-0.1, -0.05) is 35.5 Å². The minimum Gasteiger partial charge on any atom is -0.497 e. The summed E-state index contributed by atoms with van der Waals surface area (Å²) in [6, 6.07) is 13.5. The van der Waals surface area contributed by atoms with E-state index in [4.69, 9.17) is 16.3 Å². The summed E-state index contributed by atoms with van der Waals surface area (Å²) in [6.45, 7) is 0. The van der Waals surface area contributed by atoms with Crippen molar-refractivity contribution >= 4 is 45.7 Å². The first kappa shape index (κ1) is 24.1. The summed E-state index contributed by atoms with van der Waals surface area (Å²) in [5.74, 6) is -0.458. The number of aromatic nitrogens is 2. The summed E-state index contributed by atoms with van der Waals surface area (Å²) in [5.41, 5.74) is -0.709. The number of hydrogen-bond donors (Lipinski definition) is 2. The highest BCUT2D eigenvalue weighted by molar-refractivity contribution is 8.15. The molecule has 11 heteroatoms. The van der Waals surface area contributed by atoms with Gasteiger partial charge in [-0.05, 0) is 36.4 Å². The van der Waals surface area contributed by atoms with Gasteiger partial charge in [0, 0.05) is 14.1 Å². The van der Waals surface area contributed by atoms with Crippen molar-refractivity contribution in [3.63, 3.8) is 0 Å². The summed E-state index contributed by atoms with van der Waals surface area (Å²) < 4.78 is 6.94. The molecular formula is C22H21ClN4O5S. The largest absolute Gasteiger partial charge is 0.497 e. The number of amides is 1. The molecule has 1 aromatic heterocycles. The first-order valence-corrected chi connectivity index (χ1v) is 11.0. The molecule has 0 aliphatic heterocycles. The van der Waals surface area contributed by atoms with Crippen LogP contribution >= 0.6 is 23.4 Å². The molecule has 0 bridgehead atoms. The average molecular weight is 489 g/mol. The molecule has 0 radical (unpaired) electrons. The van der Waals surface area contributed by atoms with Crippen LogP contribution in [0, 0.1) is 0 Å². The van der Waals surface area contributed by atoms with Gasteiger partial charge in [0.05, 0.1) is 29.3 Å². The van der Waals surface area contributed by atoms with Crippen molar-refractivity contribution in [3.8, 4) is 11.6 Å². The van der Waals surface area contributed by atoms with Crippen LogP contribution in [0.4, 0.5) is 11.4 Å². The van der Waals surface area contributed by atoms with Gasteiger partial charge in [0.15, 0.2) is 0 Å². The fourth-order valence-corrected chi connectivity index (χ4v) is 3.85. The van der Waals surface area contributed by atoms with E-state index in [0.29, 0.717) is 22.1 Å². The van der Waals surface area contributed by atoms with Gasteiger partial charge in [-0.25, -0.2) is 9.79 Å². The fourth-order valence-electron chi connectivity index (χ4n) is 2.84. The van der Waals surface area contributed by atoms with Gasteiger partial charge < -0.3 is 15.2 Å². The zero-order chi connectivity index (χ0) is 24.1. The van der Waals surface area contributed by atoms with Crippen LogP contribution in [0.15, 0.2) is 63.1 Å². The van der Waals surface area contributed by atoms with Crippen LogP contribution in [0.5, 0.6) is 11.6 Å². The number of para-hydroxylation sites is 1. The van der Waals surface area contributed by atoms with Gasteiger partial charge in [0.2, 0.25) is 11.8 Å². The molecule has 0 fully saturated rings. The van der Waals surface area contributed by atoms with E-state index in [1.54, 1.807) is 48.5 Å². The number of halogens is 1. The van der Waals surface area contributed by atoms with Crippen molar-refractivity contribution in [1.29, 1.82) is 0 Å². The molecule has 0 saturated carbocycles. The van der Waals surface area contributed by atoms with Gasteiger partial charge in [0.1, 0.15) is 16.4 Å². The number of anilines is 1. The summed E-state index contributed by atoms with van der Waals surface area (Å²) in [4.78, 5) is 42.0. The van der Waals surface area contributed by atoms with E-state index in [1.807, 2.05) is 0 Å². The Morgan fingerprint density at radius 3 is 2.42 bits per heavy atom. The highest BCUT2D eigenvalue weighted by atomic mass is 35.5. The van der Waals surface area contributed by atoms with E-state index < -0.39 is 23.0 Å². The Kier molecular flexibility index (Phi) is 7.62. The molecule has 33 heavy (non-hydrogen) atoms. The third kappa shape index (κ3) is 5.47. The second-order valence-corrected chi connectivity index (χ2v) is 8.21. The van der Waals surface area contributed by atoms with Crippen molar-refractivity contribution in [2.24, 2.45) is 19.1 Å². The maximum Gasteiger partial charge on any atom is 0.333 e. The van der Waals surface area contributed by atoms with Crippen LogP contribution in [0.2, 0.25) is 5.02 Å². The molecule has 0 aliphatic carbocycles. The van der Waals surface area contributed by atoms with E-state index in [2.05, 4.69) is 10.3 Å². The van der Waals surface area contributed by atoms with Crippen molar-refractivity contribution in [2.45, 2.75) is 0 Å². The number of benzene rings is 2. The molecule has 9 nitrogen and oxygen atoms in total. The monoisotopic (exact) mass is 488 g/mol. The van der Waals surface area contributed by atoms with Crippen LogP contribution in [0.3, 0.4) is 0 Å². The summed E-state index contributed by atoms with van der Waals surface area (Å²) in [6.07, 6.45) is 0. The van der Waals surface area contributed by atoms with E-state index >= 15 is 0 Å². The minimum atomic E-state index is -0.734. The molecule has 0 atom stereocenters. The van der Waals surface area contributed by atoms with Crippen molar-refractivity contribution in [2.75, 3.05) is 18.2 Å². The maximum absolute atomic E-state index is 12.8. The number of nitrogens with zero attached hydrogens (tertiary/aromatic N) is 3. The van der Waals surface area contributed by atoms with Crippen LogP contribution in [-0.2, 0) is 18.9 Å². The molecule has 0 saturated heterocycles. The number of methoxy groups -OCH3 is 1. The van der Waals surface area contributed by atoms with Crippen molar-refractivity contribution in [1.82, 2.24) is 9.13 Å². The number of aromatic hydroxyl groups is 1. The average Bonchev–Trinajstić information content (AvgIpc) is 2.82. The Morgan fingerprint density at radius 1 is 1.12 bits per heavy atom. The Balaban J connectivity index is 1.99. The van der Waals surface area contributed by atoms with Crippen LogP contribution in [0.1, 0.15) is 5.56 Å². The lowest BCUT2D eigenvalue weighted by molar-refractivity contribution is -0.113. The molecular weight excluding hydrogens is 468 g/mol. The van der Waals surface area contributed by atoms with Crippen molar-refractivity contribution in [3.05, 3.63) is 80.0 Å². The fraction of sp³-hybridized carbons (Fsp3) is 0.182. The van der Waals surface area contributed by atoms with Crippen LogP contribution in [0.25, 0.3) is 0 Å². The lowest BCUT2D eigenvalue weighted by Gasteiger charge is -2.13. The molecule has 172 valence electrons. The highest BCUT2D eigenvalue weighted by Crippen LogP contribution is 2.25. The predicted octanol–water partition coefficient (Wildman–Crippen LogP) is 2.90. The van der Waals surface area contributed by atoms with Gasteiger partial charge in [-0.2, -0.15) is 0 Å². The van der Waals surface area contributed by atoms with Gasteiger partial charge in [-0.15, -0.1) is 0 Å². The SMILES string of the molecule is COc1ccc(N=C(SCC(=O)Nc2ccccc2Cl)c2c(O)n(C)c(=O)n(C)c2=O)cc1. The zero-order valence-electron chi connectivity index (χ0n) is 18.0. The van der Waals surface area contributed by atoms with Crippen LogP contribution < -0.4 is 21.3 Å². The quantitative estimate of drug-likeness (QED) is 0.407. The molecule has 0 aliphatic rings. The number of thioether (sulfide) groups is 1. The van der Waals surface area contributed by atoms with E-state index in [9.17, 15) is 19.5 Å². The third-order valence-corrected chi connectivity index (χ3v) is 5.94. The molecule has 1 amide bonds. The number of rotatable bonds is 6. The van der Waals surface area contributed by atoms with E-state index in [-0.39, 0.29) is 16.4 Å². The number of ether oxygens (including phenoxy) is 1. The number of hydrogen-bond acceptors (Lipinski definition) is 7. The first-order valence-electron chi connectivity index (χ1n) is 9.62. The summed E-state index contributed by atoms with van der Waals surface area (Å²) in [7, 11) is 4.16. The lowest BCUT2D eigenvalue weighted by Crippen LogP contribution is -2.39. The molecule has 0 spiro atoms. The molecule has 1 heterocycles.